The van der Waals surface area contributed by atoms with Gasteiger partial charge in [0.05, 0.1) is 31.9 Å². The summed E-state index contributed by atoms with van der Waals surface area (Å²) in [6.45, 7) is 6.33. The molecule has 0 radical (unpaired) electrons. The fourth-order valence-corrected chi connectivity index (χ4v) is 5.69. The lowest BCUT2D eigenvalue weighted by Gasteiger charge is -2.33. The highest BCUT2D eigenvalue weighted by atomic mass is 32.2. The van der Waals surface area contributed by atoms with Gasteiger partial charge in [0.1, 0.15) is 24.2 Å². The predicted octanol–water partition coefficient (Wildman–Crippen LogP) is 4.38. The van der Waals surface area contributed by atoms with E-state index in [9.17, 15) is 22.4 Å². The fourth-order valence-electron chi connectivity index (χ4n) is 4.26. The summed E-state index contributed by atoms with van der Waals surface area (Å²) >= 11 is 0. The number of nitrogens with zero attached hydrogens (tertiary/aromatic N) is 2. The van der Waals surface area contributed by atoms with Crippen LogP contribution < -0.4 is 23.8 Å². The number of hydrogen-bond acceptors (Lipinski definition) is 7. The molecule has 0 heterocycles. The Morgan fingerprint density at radius 3 is 2.14 bits per heavy atom. The Labute approximate surface area is 252 Å². The lowest BCUT2D eigenvalue weighted by molar-refractivity contribution is -0.140. The lowest BCUT2D eigenvalue weighted by atomic mass is 10.1. The van der Waals surface area contributed by atoms with Crippen LogP contribution in [0.25, 0.3) is 0 Å². The van der Waals surface area contributed by atoms with E-state index in [2.05, 4.69) is 5.32 Å². The number of carbonyl (C=O) groups excluding carboxylic acids is 2. The highest BCUT2D eigenvalue weighted by Crippen LogP contribution is 2.32. The van der Waals surface area contributed by atoms with Crippen molar-refractivity contribution in [3.8, 4) is 17.2 Å². The van der Waals surface area contributed by atoms with Crippen molar-refractivity contribution in [2.45, 2.75) is 50.7 Å². The second-order valence-corrected chi connectivity index (χ2v) is 12.7. The average Bonchev–Trinajstić information content (AvgIpc) is 2.97. The Hall–Kier alpha value is -4.32. The fraction of sp³-hybridized carbons (Fsp3) is 0.355. The Bertz CT molecular complexity index is 1540. The summed E-state index contributed by atoms with van der Waals surface area (Å²) in [5, 5.41) is 2.88. The van der Waals surface area contributed by atoms with E-state index in [1.54, 1.807) is 31.2 Å². The summed E-state index contributed by atoms with van der Waals surface area (Å²) in [6.07, 6.45) is 0. The van der Waals surface area contributed by atoms with Gasteiger partial charge in [-0.15, -0.1) is 0 Å². The molecule has 0 fully saturated rings. The van der Waals surface area contributed by atoms with Gasteiger partial charge in [-0.2, -0.15) is 0 Å². The van der Waals surface area contributed by atoms with Crippen LogP contribution in [0.1, 0.15) is 33.3 Å². The molecule has 0 aromatic heterocycles. The molecule has 1 N–H and O–H groups in total. The number of nitrogens with one attached hydrogen (secondary N) is 1. The number of sulfonamides is 1. The molecule has 0 aliphatic carbocycles. The molecule has 1 atom stereocenters. The summed E-state index contributed by atoms with van der Waals surface area (Å²) in [6, 6.07) is 14.8. The summed E-state index contributed by atoms with van der Waals surface area (Å²) in [7, 11) is -0.0982. The van der Waals surface area contributed by atoms with Crippen molar-refractivity contribution in [1.29, 1.82) is 0 Å². The second-order valence-electron chi connectivity index (χ2n) is 10.8. The van der Waals surface area contributed by atoms with Crippen molar-refractivity contribution in [3.63, 3.8) is 0 Å². The molecule has 10 nitrogen and oxygen atoms in total. The van der Waals surface area contributed by atoms with Crippen LogP contribution in [0.2, 0.25) is 0 Å². The van der Waals surface area contributed by atoms with Gasteiger partial charge in [-0.1, -0.05) is 12.1 Å². The number of carbonyl (C=O) groups is 2. The van der Waals surface area contributed by atoms with Crippen molar-refractivity contribution < 1.29 is 36.6 Å². The molecule has 0 aliphatic heterocycles. The third-order valence-electron chi connectivity index (χ3n) is 6.49. The molecular formula is C31H38FN3O7S. The van der Waals surface area contributed by atoms with E-state index >= 15 is 0 Å². The molecule has 3 aromatic carbocycles. The zero-order chi connectivity index (χ0) is 31.9. The normalized spacial score (nSPS) is 12.2. The van der Waals surface area contributed by atoms with Crippen molar-refractivity contribution in [1.82, 2.24) is 10.2 Å². The average molecular weight is 616 g/mol. The van der Waals surface area contributed by atoms with Crippen molar-refractivity contribution in [2.75, 3.05) is 32.2 Å². The summed E-state index contributed by atoms with van der Waals surface area (Å²) in [4.78, 5) is 28.4. The monoisotopic (exact) mass is 615 g/mol. The number of benzene rings is 3. The van der Waals surface area contributed by atoms with E-state index in [0.29, 0.717) is 17.1 Å². The first-order valence-corrected chi connectivity index (χ1v) is 14.9. The van der Waals surface area contributed by atoms with E-state index < -0.39 is 45.8 Å². The number of rotatable bonds is 12. The standard InChI is InChI=1S/C31H38FN3O7S/c1-21(30(37)33-31(2,3)4)34(19-22-9-8-10-25(17-22)40-5)29(36)20-35(24-13-11-23(32)12-14-24)43(38,39)26-15-16-27(41-6)28(18-26)42-7/h8-18,21H,19-20H2,1-7H3,(H,33,37)/t21-/m0/s1. The maximum atomic E-state index is 14.1. The molecule has 12 heteroatoms. The summed E-state index contributed by atoms with van der Waals surface area (Å²) in [5.74, 6) is -0.617. The third-order valence-corrected chi connectivity index (χ3v) is 8.26. The van der Waals surface area contributed by atoms with Gasteiger partial charge < -0.3 is 24.4 Å². The smallest absolute Gasteiger partial charge is 0.264 e. The molecule has 232 valence electrons. The van der Waals surface area contributed by atoms with E-state index in [4.69, 9.17) is 14.2 Å². The number of anilines is 1. The Morgan fingerprint density at radius 2 is 1.56 bits per heavy atom. The van der Waals surface area contributed by atoms with Gasteiger partial charge in [0.15, 0.2) is 11.5 Å². The number of hydrogen-bond donors (Lipinski definition) is 1. The molecule has 0 unspecified atom stereocenters. The molecular weight excluding hydrogens is 577 g/mol. The first-order chi connectivity index (χ1) is 20.2. The van der Waals surface area contributed by atoms with Gasteiger partial charge in [-0.25, -0.2) is 12.8 Å². The molecule has 0 spiro atoms. The van der Waals surface area contributed by atoms with Crippen LogP contribution in [0.4, 0.5) is 10.1 Å². The largest absolute Gasteiger partial charge is 0.497 e. The molecule has 0 bridgehead atoms. The maximum Gasteiger partial charge on any atom is 0.264 e. The van der Waals surface area contributed by atoms with Gasteiger partial charge in [0.2, 0.25) is 11.8 Å². The van der Waals surface area contributed by atoms with E-state index in [1.165, 1.54) is 56.6 Å². The highest BCUT2D eigenvalue weighted by Gasteiger charge is 2.34. The van der Waals surface area contributed by atoms with Gasteiger partial charge in [-0.3, -0.25) is 13.9 Å². The Kier molecular flexibility index (Phi) is 10.6. The number of ether oxygens (including phenoxy) is 3. The van der Waals surface area contributed by atoms with Crippen LogP contribution in [0.5, 0.6) is 17.2 Å². The minimum Gasteiger partial charge on any atom is -0.497 e. The molecule has 3 rings (SSSR count). The van der Waals surface area contributed by atoms with E-state index in [1.807, 2.05) is 20.8 Å². The second kappa shape index (κ2) is 13.8. The topological polar surface area (TPSA) is 114 Å². The molecule has 0 saturated carbocycles. The van der Waals surface area contributed by atoms with Gasteiger partial charge in [-0.05, 0) is 81.8 Å². The predicted molar refractivity (Wildman–Crippen MR) is 161 cm³/mol. The highest BCUT2D eigenvalue weighted by molar-refractivity contribution is 7.92. The summed E-state index contributed by atoms with van der Waals surface area (Å²) < 4.78 is 58.6. The molecule has 3 aromatic rings. The number of amides is 2. The lowest BCUT2D eigenvalue weighted by Crippen LogP contribution is -2.54. The van der Waals surface area contributed by atoms with Crippen LogP contribution in [0.3, 0.4) is 0 Å². The van der Waals surface area contributed by atoms with Crippen molar-refractivity contribution in [2.24, 2.45) is 0 Å². The van der Waals surface area contributed by atoms with Gasteiger partial charge in [0.25, 0.3) is 10.0 Å². The Morgan fingerprint density at radius 1 is 0.907 bits per heavy atom. The molecule has 0 saturated heterocycles. The molecule has 0 aliphatic rings. The van der Waals surface area contributed by atoms with Crippen LogP contribution >= 0.6 is 0 Å². The SMILES string of the molecule is COc1cccc(CN(C(=O)CN(c2ccc(F)cc2)S(=O)(=O)c2ccc(OC)c(OC)c2)[C@@H](C)C(=O)NC(C)(C)C)c1. The quantitative estimate of drug-likeness (QED) is 0.322. The molecule has 2 amide bonds. The van der Waals surface area contributed by atoms with Gasteiger partial charge in [0, 0.05) is 18.2 Å². The van der Waals surface area contributed by atoms with Crippen LogP contribution in [0, 0.1) is 5.82 Å². The third kappa shape index (κ3) is 8.38. The molecule has 43 heavy (non-hydrogen) atoms. The number of methoxy groups -OCH3 is 3. The van der Waals surface area contributed by atoms with Crippen LogP contribution in [-0.4, -0.2) is 64.6 Å². The zero-order valence-corrected chi connectivity index (χ0v) is 26.2. The number of halogens is 1. The Balaban J connectivity index is 2.08. The maximum absolute atomic E-state index is 14.1. The first-order valence-electron chi connectivity index (χ1n) is 13.4. The zero-order valence-electron chi connectivity index (χ0n) is 25.4. The van der Waals surface area contributed by atoms with Crippen molar-refractivity contribution >= 4 is 27.5 Å². The van der Waals surface area contributed by atoms with E-state index in [0.717, 1.165) is 16.4 Å². The van der Waals surface area contributed by atoms with Crippen LogP contribution in [0.15, 0.2) is 71.6 Å². The minimum absolute atomic E-state index is 0.0115. The van der Waals surface area contributed by atoms with Crippen molar-refractivity contribution in [3.05, 3.63) is 78.1 Å². The van der Waals surface area contributed by atoms with Gasteiger partial charge >= 0.3 is 0 Å². The minimum atomic E-state index is -4.40. The summed E-state index contributed by atoms with van der Waals surface area (Å²) in [5.41, 5.74) is 0.143. The first kappa shape index (κ1) is 33.2. The van der Waals surface area contributed by atoms with Crippen LogP contribution in [-0.2, 0) is 26.2 Å². The van der Waals surface area contributed by atoms with E-state index in [-0.39, 0.29) is 22.9 Å².